The molecule has 5 heteroatoms. The van der Waals surface area contributed by atoms with Crippen LogP contribution in [0, 0.1) is 5.82 Å². The molecule has 1 aromatic rings. The first-order valence-electron chi connectivity index (χ1n) is 4.99. The van der Waals surface area contributed by atoms with E-state index >= 15 is 0 Å². The van der Waals surface area contributed by atoms with Crippen LogP contribution in [-0.4, -0.2) is 6.61 Å². The Morgan fingerprint density at radius 3 is 1.94 bits per heavy atom. The minimum Gasteiger partial charge on any atom is -0.435 e. The second-order valence-corrected chi connectivity index (χ2v) is 2.90. The molecule has 1 aromatic carbocycles. The number of hydrogen-bond acceptors (Lipinski definition) is 1. The first-order valence-corrected chi connectivity index (χ1v) is 5.78. The van der Waals surface area contributed by atoms with Crippen molar-refractivity contribution in [1.82, 2.24) is 0 Å². The van der Waals surface area contributed by atoms with Crippen molar-refractivity contribution in [3.8, 4) is 5.75 Å². The lowest BCUT2D eigenvalue weighted by molar-refractivity contribution is -0.0500. The summed E-state index contributed by atoms with van der Waals surface area (Å²) in [5, 5.41) is 0. The Morgan fingerprint density at radius 1 is 1.06 bits per heavy atom. The van der Waals surface area contributed by atoms with E-state index in [4.69, 9.17) is 0 Å². The molecule has 0 saturated heterocycles. The Labute approximate surface area is 103 Å². The predicted octanol–water partition coefficient (Wildman–Crippen LogP) is 5.24. The maximum atomic E-state index is 12.5. The smallest absolute Gasteiger partial charge is 0.387 e. The number of alkyl halides is 2. The fourth-order valence-corrected chi connectivity index (χ4v) is 1.14. The van der Waals surface area contributed by atoms with Crippen LogP contribution < -0.4 is 4.74 Å². The van der Waals surface area contributed by atoms with Crippen molar-refractivity contribution in [3.05, 3.63) is 28.5 Å². The van der Waals surface area contributed by atoms with Crippen molar-refractivity contribution < 1.29 is 17.9 Å². The summed E-state index contributed by atoms with van der Waals surface area (Å²) in [7, 11) is 0. The molecule has 1 nitrogen and oxygen atoms in total. The van der Waals surface area contributed by atoms with Gasteiger partial charge in [-0.3, -0.25) is 0 Å². The van der Waals surface area contributed by atoms with E-state index in [2.05, 4.69) is 20.7 Å². The Kier molecular flexibility index (Phi) is 11.9. The average Bonchev–Trinajstić information content (AvgIpc) is 2.21. The third-order valence-corrected chi connectivity index (χ3v) is 1.52. The van der Waals surface area contributed by atoms with Crippen molar-refractivity contribution >= 4 is 15.9 Å². The number of rotatable bonds is 2. The molecule has 0 radical (unpaired) electrons. The van der Waals surface area contributed by atoms with E-state index < -0.39 is 12.4 Å². The highest BCUT2D eigenvalue weighted by atomic mass is 79.9. The molecule has 0 atom stereocenters. The molecule has 0 unspecified atom stereocenters. The molecule has 0 saturated carbocycles. The second-order valence-electron chi connectivity index (χ2n) is 1.98. The first-order chi connectivity index (χ1) is 7.58. The summed E-state index contributed by atoms with van der Waals surface area (Å²) < 4.78 is 40.1. The molecular formula is C11H16BrF3O. The van der Waals surface area contributed by atoms with Crippen LogP contribution in [0.4, 0.5) is 13.2 Å². The summed E-state index contributed by atoms with van der Waals surface area (Å²) in [5.41, 5.74) is 0. The van der Waals surface area contributed by atoms with Crippen molar-refractivity contribution in [2.24, 2.45) is 0 Å². The van der Waals surface area contributed by atoms with Crippen molar-refractivity contribution in [2.75, 3.05) is 0 Å². The SMILES string of the molecule is CC.CC.Fc1cc(Br)cc(OC(F)F)c1. The maximum Gasteiger partial charge on any atom is 0.387 e. The van der Waals surface area contributed by atoms with Crippen molar-refractivity contribution in [1.29, 1.82) is 0 Å². The van der Waals surface area contributed by atoms with Crippen molar-refractivity contribution in [2.45, 2.75) is 34.3 Å². The third-order valence-electron chi connectivity index (χ3n) is 1.06. The van der Waals surface area contributed by atoms with Gasteiger partial charge in [0.15, 0.2) is 0 Å². The minimum atomic E-state index is -2.93. The molecular weight excluding hydrogens is 285 g/mol. The zero-order valence-corrected chi connectivity index (χ0v) is 11.3. The molecule has 0 amide bonds. The predicted molar refractivity (Wildman–Crippen MR) is 63.4 cm³/mol. The van der Waals surface area contributed by atoms with E-state index in [1.54, 1.807) is 0 Å². The zero-order chi connectivity index (χ0) is 13.1. The summed E-state index contributed by atoms with van der Waals surface area (Å²) in [6.07, 6.45) is 0. The van der Waals surface area contributed by atoms with Crippen LogP contribution in [0.2, 0.25) is 0 Å². The van der Waals surface area contributed by atoms with Crippen LogP contribution in [-0.2, 0) is 0 Å². The summed E-state index contributed by atoms with van der Waals surface area (Å²) in [4.78, 5) is 0. The van der Waals surface area contributed by atoms with E-state index in [0.717, 1.165) is 12.1 Å². The van der Waals surface area contributed by atoms with Gasteiger partial charge in [0, 0.05) is 10.5 Å². The quantitative estimate of drug-likeness (QED) is 0.725. The fraction of sp³-hybridized carbons (Fsp3) is 0.455. The minimum absolute atomic E-state index is 0.197. The number of ether oxygens (including phenoxy) is 1. The first kappa shape index (κ1) is 17.7. The lowest BCUT2D eigenvalue weighted by atomic mass is 10.3. The van der Waals surface area contributed by atoms with Crippen LogP contribution in [0.5, 0.6) is 5.75 Å². The van der Waals surface area contributed by atoms with Crippen LogP contribution in [0.1, 0.15) is 27.7 Å². The highest BCUT2D eigenvalue weighted by molar-refractivity contribution is 9.10. The van der Waals surface area contributed by atoms with E-state index in [9.17, 15) is 13.2 Å². The molecule has 0 bridgehead atoms. The maximum absolute atomic E-state index is 12.5. The summed E-state index contributed by atoms with van der Waals surface area (Å²) in [5.74, 6) is -0.822. The van der Waals surface area contributed by atoms with E-state index in [1.165, 1.54) is 6.07 Å². The molecule has 0 spiro atoms. The molecule has 0 N–H and O–H groups in total. The Bertz CT molecular complexity index is 260. The largest absolute Gasteiger partial charge is 0.435 e. The van der Waals surface area contributed by atoms with E-state index in [1.807, 2.05) is 27.7 Å². The van der Waals surface area contributed by atoms with Gasteiger partial charge in [0.1, 0.15) is 11.6 Å². The molecule has 0 aliphatic carbocycles. The van der Waals surface area contributed by atoms with Gasteiger partial charge in [-0.2, -0.15) is 8.78 Å². The normalized spacial score (nSPS) is 8.56. The van der Waals surface area contributed by atoms with Crippen LogP contribution >= 0.6 is 15.9 Å². The van der Waals surface area contributed by atoms with Gasteiger partial charge in [0.25, 0.3) is 0 Å². The fourth-order valence-electron chi connectivity index (χ4n) is 0.699. The molecule has 0 heterocycles. The second kappa shape index (κ2) is 10.8. The van der Waals surface area contributed by atoms with Crippen molar-refractivity contribution in [3.63, 3.8) is 0 Å². The van der Waals surface area contributed by atoms with Crippen LogP contribution in [0.15, 0.2) is 22.7 Å². The molecule has 16 heavy (non-hydrogen) atoms. The standard InChI is InChI=1S/C7H4BrF3O.2C2H6/c8-4-1-5(9)3-6(2-4)12-7(10)11;2*1-2/h1-3,7H;2*1-2H3. The number of benzene rings is 1. The molecule has 0 fully saturated rings. The van der Waals surface area contributed by atoms with Gasteiger partial charge < -0.3 is 4.74 Å². The van der Waals surface area contributed by atoms with Crippen LogP contribution in [0.25, 0.3) is 0 Å². The van der Waals surface area contributed by atoms with E-state index in [-0.39, 0.29) is 5.75 Å². The van der Waals surface area contributed by atoms with Gasteiger partial charge in [-0.15, -0.1) is 0 Å². The van der Waals surface area contributed by atoms with Gasteiger partial charge >= 0.3 is 6.61 Å². The van der Waals surface area contributed by atoms with Gasteiger partial charge in [0.2, 0.25) is 0 Å². The van der Waals surface area contributed by atoms with Gasteiger partial charge in [-0.1, -0.05) is 43.6 Å². The van der Waals surface area contributed by atoms with Crippen LogP contribution in [0.3, 0.4) is 0 Å². The van der Waals surface area contributed by atoms with E-state index in [0.29, 0.717) is 4.47 Å². The van der Waals surface area contributed by atoms with Gasteiger partial charge in [-0.05, 0) is 12.1 Å². The number of halogens is 4. The molecule has 1 rings (SSSR count). The lowest BCUT2D eigenvalue weighted by Crippen LogP contribution is -2.01. The molecule has 0 aliphatic heterocycles. The monoisotopic (exact) mass is 300 g/mol. The Morgan fingerprint density at radius 2 is 1.56 bits per heavy atom. The topological polar surface area (TPSA) is 9.23 Å². The Hall–Kier alpha value is -0.710. The van der Waals surface area contributed by atoms with Gasteiger partial charge in [0.05, 0.1) is 0 Å². The summed E-state index contributed by atoms with van der Waals surface area (Å²) >= 11 is 2.94. The summed E-state index contributed by atoms with van der Waals surface area (Å²) in [6, 6.07) is 3.30. The Balaban J connectivity index is 0. The van der Waals surface area contributed by atoms with Gasteiger partial charge in [-0.25, -0.2) is 4.39 Å². The lowest BCUT2D eigenvalue weighted by Gasteiger charge is -2.03. The highest BCUT2D eigenvalue weighted by Crippen LogP contribution is 2.21. The average molecular weight is 301 g/mol. The third kappa shape index (κ3) is 8.59. The zero-order valence-electron chi connectivity index (χ0n) is 9.73. The molecule has 0 aromatic heterocycles. The molecule has 94 valence electrons. The summed E-state index contributed by atoms with van der Waals surface area (Å²) in [6.45, 7) is 5.07. The molecule has 0 aliphatic rings. The number of hydrogen-bond donors (Lipinski definition) is 0. The highest BCUT2D eigenvalue weighted by Gasteiger charge is 2.05.